The zero-order chi connectivity index (χ0) is 20.6. The highest BCUT2D eigenvalue weighted by Gasteiger charge is 2.38. The van der Waals surface area contributed by atoms with Crippen molar-refractivity contribution >= 4 is 15.6 Å². The summed E-state index contributed by atoms with van der Waals surface area (Å²) in [6.45, 7) is 8.70. The molecule has 3 rings (SSSR count). The van der Waals surface area contributed by atoms with Gasteiger partial charge in [-0.15, -0.1) is 0 Å². The van der Waals surface area contributed by atoms with Crippen molar-refractivity contribution in [1.82, 2.24) is 5.32 Å². The van der Waals surface area contributed by atoms with Gasteiger partial charge in [0.1, 0.15) is 0 Å². The first kappa shape index (κ1) is 20.7. The second-order valence-electron chi connectivity index (χ2n) is 9.14. The highest BCUT2D eigenvalue weighted by atomic mass is 32.2. The number of carbonyl (C=O) groups is 1. The van der Waals surface area contributed by atoms with Gasteiger partial charge in [0, 0.05) is 23.1 Å². The Bertz CT molecular complexity index is 929. The molecule has 0 bridgehead atoms. The highest BCUT2D eigenvalue weighted by Crippen LogP contribution is 2.35. The second kappa shape index (κ2) is 7.45. The maximum absolute atomic E-state index is 12.8. The second-order valence-corrected chi connectivity index (χ2v) is 11.1. The molecule has 0 saturated carbocycles. The summed E-state index contributed by atoms with van der Waals surface area (Å²) in [5.74, 6) is 0.383. The largest absolute Gasteiger partial charge is 0.307 e. The summed E-state index contributed by atoms with van der Waals surface area (Å²) in [4.78, 5) is 13.3. The minimum atomic E-state index is -3.56. The molecule has 0 spiro atoms. The summed E-state index contributed by atoms with van der Waals surface area (Å²) in [7, 11) is -3.56. The predicted octanol–water partition coefficient (Wildman–Crippen LogP) is 4.65. The van der Waals surface area contributed by atoms with E-state index in [1.165, 1.54) is 12.1 Å². The Balaban J connectivity index is 1.74. The molecule has 5 heteroatoms. The van der Waals surface area contributed by atoms with E-state index in [4.69, 9.17) is 0 Å². The molecule has 1 aliphatic rings. The fourth-order valence-electron chi connectivity index (χ4n) is 4.61. The molecule has 1 saturated heterocycles. The third kappa shape index (κ3) is 4.70. The van der Waals surface area contributed by atoms with Gasteiger partial charge in [-0.05, 0) is 70.7 Å². The number of carbonyl (C=O) groups excluding carboxylic acids is 1. The number of sulfone groups is 1. The number of hydrogen-bond acceptors (Lipinski definition) is 4. The van der Waals surface area contributed by atoms with Gasteiger partial charge in [0.25, 0.3) is 0 Å². The number of ketones is 1. The van der Waals surface area contributed by atoms with Gasteiger partial charge in [-0.3, -0.25) is 4.79 Å². The van der Waals surface area contributed by atoms with E-state index in [0.717, 1.165) is 12.8 Å². The van der Waals surface area contributed by atoms with Crippen LogP contribution in [0.5, 0.6) is 0 Å². The summed E-state index contributed by atoms with van der Waals surface area (Å²) < 4.78 is 25.4. The number of rotatable bonds is 5. The minimum Gasteiger partial charge on any atom is -0.307 e. The van der Waals surface area contributed by atoms with Crippen molar-refractivity contribution in [3.05, 3.63) is 60.2 Å². The lowest BCUT2D eigenvalue weighted by atomic mass is 9.74. The monoisotopic (exact) mass is 399 g/mol. The summed E-state index contributed by atoms with van der Waals surface area (Å²) >= 11 is 0. The fraction of sp³-hybridized carbons (Fsp3) is 0.435. The molecular formula is C23H29NO3S. The van der Waals surface area contributed by atoms with Crippen LogP contribution in [0, 0.1) is 5.92 Å². The molecule has 0 unspecified atom stereocenters. The summed E-state index contributed by atoms with van der Waals surface area (Å²) in [5.41, 5.74) is 0.571. The molecule has 150 valence electrons. The van der Waals surface area contributed by atoms with E-state index in [1.807, 2.05) is 0 Å². The number of piperidine rings is 1. The lowest BCUT2D eigenvalue weighted by Crippen LogP contribution is -2.57. The van der Waals surface area contributed by atoms with E-state index in [9.17, 15) is 13.2 Å². The number of nitrogens with one attached hydrogen (secondary N) is 1. The van der Waals surface area contributed by atoms with Gasteiger partial charge in [0.15, 0.2) is 5.78 Å². The number of benzene rings is 2. The smallest absolute Gasteiger partial charge is 0.206 e. The van der Waals surface area contributed by atoms with Crippen molar-refractivity contribution in [1.29, 1.82) is 0 Å². The van der Waals surface area contributed by atoms with Crippen LogP contribution in [0.1, 0.15) is 57.3 Å². The topological polar surface area (TPSA) is 63.2 Å². The Morgan fingerprint density at radius 1 is 0.893 bits per heavy atom. The molecule has 4 nitrogen and oxygen atoms in total. The molecule has 2 aromatic rings. The maximum Gasteiger partial charge on any atom is 0.206 e. The van der Waals surface area contributed by atoms with Crippen LogP contribution < -0.4 is 5.32 Å². The van der Waals surface area contributed by atoms with Crippen molar-refractivity contribution in [2.75, 3.05) is 0 Å². The van der Waals surface area contributed by atoms with Crippen molar-refractivity contribution in [2.24, 2.45) is 5.92 Å². The first-order valence-corrected chi connectivity index (χ1v) is 11.2. The normalized spacial score (nSPS) is 19.3. The van der Waals surface area contributed by atoms with Gasteiger partial charge in [-0.1, -0.05) is 30.3 Å². The minimum absolute atomic E-state index is 0.000314. The summed E-state index contributed by atoms with van der Waals surface area (Å²) in [6.07, 6.45) is 2.38. The number of Topliss-reactive ketones (excluding diaryl/α,β-unsaturated/α-hetero) is 1. The average molecular weight is 400 g/mol. The van der Waals surface area contributed by atoms with Gasteiger partial charge in [0.2, 0.25) is 9.84 Å². The predicted molar refractivity (Wildman–Crippen MR) is 111 cm³/mol. The van der Waals surface area contributed by atoms with E-state index in [0.29, 0.717) is 17.9 Å². The lowest BCUT2D eigenvalue weighted by Gasteiger charge is -2.46. The standard InChI is InChI=1S/C23H29NO3S/c1-22(2)15-17(16-23(3,4)24-22)14-21(25)18-10-12-20(13-11-18)28(26,27)19-8-6-5-7-9-19/h5-13,17,24H,14-16H2,1-4H3. The van der Waals surface area contributed by atoms with E-state index in [2.05, 4.69) is 33.0 Å². The molecule has 0 aliphatic carbocycles. The Morgan fingerprint density at radius 2 is 1.39 bits per heavy atom. The molecule has 0 amide bonds. The Labute approximate surface area is 168 Å². The van der Waals surface area contributed by atoms with Crippen LogP contribution in [-0.4, -0.2) is 25.3 Å². The van der Waals surface area contributed by atoms with E-state index in [-0.39, 0.29) is 26.7 Å². The first-order chi connectivity index (χ1) is 13.0. The van der Waals surface area contributed by atoms with Crippen LogP contribution in [0.25, 0.3) is 0 Å². The van der Waals surface area contributed by atoms with Crippen LogP contribution in [0.4, 0.5) is 0 Å². The van der Waals surface area contributed by atoms with Crippen LogP contribution in [-0.2, 0) is 9.84 Å². The Morgan fingerprint density at radius 3 is 1.93 bits per heavy atom. The van der Waals surface area contributed by atoms with Crippen molar-refractivity contribution in [3.63, 3.8) is 0 Å². The SMILES string of the molecule is CC1(C)CC(CC(=O)c2ccc(S(=O)(=O)c3ccccc3)cc2)CC(C)(C)N1. The van der Waals surface area contributed by atoms with Gasteiger partial charge < -0.3 is 5.32 Å². The van der Waals surface area contributed by atoms with E-state index in [1.54, 1.807) is 42.5 Å². The highest BCUT2D eigenvalue weighted by molar-refractivity contribution is 7.91. The first-order valence-electron chi connectivity index (χ1n) is 9.71. The van der Waals surface area contributed by atoms with Crippen molar-refractivity contribution in [3.8, 4) is 0 Å². The van der Waals surface area contributed by atoms with Gasteiger partial charge >= 0.3 is 0 Å². The molecular weight excluding hydrogens is 370 g/mol. The average Bonchev–Trinajstić information content (AvgIpc) is 2.60. The van der Waals surface area contributed by atoms with Crippen molar-refractivity contribution in [2.45, 2.75) is 67.8 Å². The van der Waals surface area contributed by atoms with Crippen LogP contribution >= 0.6 is 0 Å². The fourth-order valence-corrected chi connectivity index (χ4v) is 5.90. The molecule has 0 radical (unpaired) electrons. The molecule has 1 heterocycles. The Hall–Kier alpha value is -1.98. The third-order valence-electron chi connectivity index (χ3n) is 5.29. The lowest BCUT2D eigenvalue weighted by molar-refractivity contribution is 0.0864. The molecule has 28 heavy (non-hydrogen) atoms. The van der Waals surface area contributed by atoms with Gasteiger partial charge in [-0.25, -0.2) is 8.42 Å². The van der Waals surface area contributed by atoms with Crippen LogP contribution in [0.15, 0.2) is 64.4 Å². The maximum atomic E-state index is 12.8. The molecule has 0 aromatic heterocycles. The van der Waals surface area contributed by atoms with Gasteiger partial charge in [-0.2, -0.15) is 0 Å². The van der Waals surface area contributed by atoms with Crippen LogP contribution in [0.2, 0.25) is 0 Å². The van der Waals surface area contributed by atoms with Crippen LogP contribution in [0.3, 0.4) is 0 Å². The molecule has 1 aliphatic heterocycles. The molecule has 1 fully saturated rings. The summed E-state index contributed by atoms with van der Waals surface area (Å²) in [5, 5.41) is 3.64. The summed E-state index contributed by atoms with van der Waals surface area (Å²) in [6, 6.07) is 14.7. The third-order valence-corrected chi connectivity index (χ3v) is 7.07. The van der Waals surface area contributed by atoms with Gasteiger partial charge in [0.05, 0.1) is 9.79 Å². The van der Waals surface area contributed by atoms with E-state index < -0.39 is 9.84 Å². The molecule has 1 N–H and O–H groups in total. The molecule has 2 aromatic carbocycles. The molecule has 0 atom stereocenters. The Kier molecular flexibility index (Phi) is 5.52. The quantitative estimate of drug-likeness (QED) is 0.744. The van der Waals surface area contributed by atoms with Crippen molar-refractivity contribution < 1.29 is 13.2 Å². The zero-order valence-corrected chi connectivity index (χ0v) is 17.8. The van der Waals surface area contributed by atoms with E-state index >= 15 is 0 Å². The number of hydrogen-bond donors (Lipinski definition) is 1. The zero-order valence-electron chi connectivity index (χ0n) is 17.0.